The van der Waals surface area contributed by atoms with E-state index in [0.29, 0.717) is 17.5 Å². The SMILES string of the molecule is Clc1ccccc1C(c1ccccc1Cl)N1[C@H]2CC[C@H]1CC(Cc1ccccc1)(CN1CCCC1)C2. The molecular formula is C32H36Cl2N2. The van der Waals surface area contributed by atoms with Crippen LogP contribution in [0, 0.1) is 5.41 Å². The van der Waals surface area contributed by atoms with E-state index in [-0.39, 0.29) is 6.04 Å². The van der Waals surface area contributed by atoms with E-state index in [9.17, 15) is 0 Å². The molecule has 0 amide bonds. The van der Waals surface area contributed by atoms with Crippen molar-refractivity contribution in [3.8, 4) is 0 Å². The van der Waals surface area contributed by atoms with Crippen LogP contribution in [0.25, 0.3) is 0 Å². The largest absolute Gasteiger partial charge is 0.303 e. The van der Waals surface area contributed by atoms with Crippen LogP contribution in [-0.2, 0) is 6.42 Å². The predicted octanol–water partition coefficient (Wildman–Crippen LogP) is 8.03. The van der Waals surface area contributed by atoms with Gasteiger partial charge in [0.05, 0.1) is 6.04 Å². The fourth-order valence-corrected chi connectivity index (χ4v) is 8.03. The van der Waals surface area contributed by atoms with Crippen molar-refractivity contribution in [1.29, 1.82) is 0 Å². The van der Waals surface area contributed by atoms with E-state index in [2.05, 4.69) is 64.4 Å². The number of nitrogens with zero attached hydrogens (tertiary/aromatic N) is 2. The summed E-state index contributed by atoms with van der Waals surface area (Å²) in [5.74, 6) is 0. The molecule has 36 heavy (non-hydrogen) atoms. The maximum atomic E-state index is 6.86. The number of hydrogen-bond donors (Lipinski definition) is 0. The van der Waals surface area contributed by atoms with E-state index in [1.165, 1.54) is 81.3 Å². The highest BCUT2D eigenvalue weighted by Gasteiger charge is 2.51. The quantitative estimate of drug-likeness (QED) is 0.312. The molecule has 3 aliphatic heterocycles. The van der Waals surface area contributed by atoms with Crippen LogP contribution in [0.4, 0.5) is 0 Å². The summed E-state index contributed by atoms with van der Waals surface area (Å²) in [5, 5.41) is 1.67. The van der Waals surface area contributed by atoms with Crippen LogP contribution in [0.2, 0.25) is 10.0 Å². The first-order valence-electron chi connectivity index (χ1n) is 13.6. The van der Waals surface area contributed by atoms with Crippen LogP contribution in [0.1, 0.15) is 61.3 Å². The fourth-order valence-electron chi connectivity index (χ4n) is 7.56. The lowest BCUT2D eigenvalue weighted by atomic mass is 9.69. The summed E-state index contributed by atoms with van der Waals surface area (Å²) in [6.45, 7) is 3.75. The fraction of sp³-hybridized carbons (Fsp3) is 0.438. The first-order chi connectivity index (χ1) is 17.6. The molecule has 2 atom stereocenters. The topological polar surface area (TPSA) is 6.48 Å². The zero-order valence-electron chi connectivity index (χ0n) is 21.0. The smallest absolute Gasteiger partial charge is 0.0636 e. The van der Waals surface area contributed by atoms with Crippen LogP contribution in [0.15, 0.2) is 78.9 Å². The maximum absolute atomic E-state index is 6.86. The van der Waals surface area contributed by atoms with Crippen molar-refractivity contribution in [2.75, 3.05) is 19.6 Å². The van der Waals surface area contributed by atoms with Crippen LogP contribution < -0.4 is 0 Å². The highest BCUT2D eigenvalue weighted by molar-refractivity contribution is 6.32. The van der Waals surface area contributed by atoms with Gasteiger partial charge in [0.1, 0.15) is 0 Å². The number of likely N-dealkylation sites (tertiary alicyclic amines) is 1. The Morgan fingerprint density at radius 1 is 0.722 bits per heavy atom. The molecular weight excluding hydrogens is 483 g/mol. The summed E-state index contributed by atoms with van der Waals surface area (Å²) < 4.78 is 0. The second kappa shape index (κ2) is 10.5. The molecule has 188 valence electrons. The highest BCUT2D eigenvalue weighted by atomic mass is 35.5. The summed E-state index contributed by atoms with van der Waals surface area (Å²) in [7, 11) is 0. The molecule has 3 aliphatic rings. The van der Waals surface area contributed by atoms with Gasteiger partial charge in [0.25, 0.3) is 0 Å². The molecule has 3 saturated heterocycles. The molecule has 3 aromatic rings. The molecule has 0 unspecified atom stereocenters. The lowest BCUT2D eigenvalue weighted by molar-refractivity contribution is 0.00341. The average molecular weight is 520 g/mol. The van der Waals surface area contributed by atoms with Gasteiger partial charge in [-0.1, -0.05) is 89.9 Å². The molecule has 3 aromatic carbocycles. The third kappa shape index (κ3) is 4.86. The molecule has 6 rings (SSSR count). The van der Waals surface area contributed by atoms with E-state index >= 15 is 0 Å². The molecule has 3 fully saturated rings. The van der Waals surface area contributed by atoms with Gasteiger partial charge in [0.2, 0.25) is 0 Å². The Morgan fingerprint density at radius 3 is 1.81 bits per heavy atom. The van der Waals surface area contributed by atoms with Gasteiger partial charge < -0.3 is 4.90 Å². The Bertz CT molecular complexity index is 1110. The van der Waals surface area contributed by atoms with Crippen LogP contribution in [0.3, 0.4) is 0 Å². The third-order valence-corrected chi connectivity index (χ3v) is 9.58. The van der Waals surface area contributed by atoms with Gasteiger partial charge in [-0.3, -0.25) is 4.90 Å². The van der Waals surface area contributed by atoms with Crippen molar-refractivity contribution in [2.45, 2.75) is 63.1 Å². The molecule has 2 nitrogen and oxygen atoms in total. The normalized spacial score (nSPS) is 26.6. The van der Waals surface area contributed by atoms with Gasteiger partial charge in [0.15, 0.2) is 0 Å². The minimum Gasteiger partial charge on any atom is -0.303 e. The van der Waals surface area contributed by atoms with Crippen molar-refractivity contribution in [3.63, 3.8) is 0 Å². The Morgan fingerprint density at radius 2 is 1.25 bits per heavy atom. The van der Waals surface area contributed by atoms with E-state index in [1.807, 2.05) is 24.3 Å². The summed E-state index contributed by atoms with van der Waals surface area (Å²) in [6.07, 6.45) is 8.86. The molecule has 0 radical (unpaired) electrons. The number of fused-ring (bicyclic) bond motifs is 2. The zero-order chi connectivity index (χ0) is 24.5. The standard InChI is InChI=1S/C32H36Cl2N2/c33-29-14-6-4-12-27(29)31(28-13-5-7-15-30(28)34)36-25-16-17-26(36)22-32(21-25,23-35-18-8-9-19-35)20-24-10-2-1-3-11-24/h1-7,10-15,25-26,31H,8-9,16-23H2/t25-,26-/m0/s1. The highest BCUT2D eigenvalue weighted by Crippen LogP contribution is 2.53. The monoisotopic (exact) mass is 518 g/mol. The van der Waals surface area contributed by atoms with Crippen molar-refractivity contribution in [3.05, 3.63) is 106 Å². The van der Waals surface area contributed by atoms with Crippen LogP contribution >= 0.6 is 23.2 Å². The molecule has 4 heteroatoms. The minimum absolute atomic E-state index is 0.0893. The first kappa shape index (κ1) is 24.5. The van der Waals surface area contributed by atoms with Gasteiger partial charge in [-0.25, -0.2) is 0 Å². The van der Waals surface area contributed by atoms with Crippen molar-refractivity contribution < 1.29 is 0 Å². The molecule has 0 saturated carbocycles. The van der Waals surface area contributed by atoms with E-state index in [1.54, 1.807) is 0 Å². The summed E-state index contributed by atoms with van der Waals surface area (Å²) >= 11 is 13.7. The molecule has 3 heterocycles. The van der Waals surface area contributed by atoms with E-state index in [4.69, 9.17) is 23.2 Å². The second-order valence-corrected chi connectivity index (χ2v) is 12.1. The minimum atomic E-state index is 0.0893. The Balaban J connectivity index is 1.37. The van der Waals surface area contributed by atoms with E-state index < -0.39 is 0 Å². The average Bonchev–Trinajstić information content (AvgIpc) is 3.48. The van der Waals surface area contributed by atoms with Gasteiger partial charge in [-0.15, -0.1) is 0 Å². The zero-order valence-corrected chi connectivity index (χ0v) is 22.5. The third-order valence-electron chi connectivity index (χ3n) is 8.89. The summed E-state index contributed by atoms with van der Waals surface area (Å²) in [4.78, 5) is 5.55. The molecule has 2 bridgehead atoms. The Hall–Kier alpha value is -1.84. The van der Waals surface area contributed by atoms with Gasteiger partial charge >= 0.3 is 0 Å². The lowest BCUT2D eigenvalue weighted by Crippen LogP contribution is -2.53. The van der Waals surface area contributed by atoms with Crippen LogP contribution in [-0.4, -0.2) is 41.5 Å². The van der Waals surface area contributed by atoms with E-state index in [0.717, 1.165) is 10.0 Å². The van der Waals surface area contributed by atoms with Gasteiger partial charge in [-0.05, 0) is 92.3 Å². The number of halogens is 2. The molecule has 0 aliphatic carbocycles. The Kier molecular flexibility index (Phi) is 7.14. The molecule has 0 N–H and O–H groups in total. The molecule has 0 spiro atoms. The number of rotatable bonds is 7. The van der Waals surface area contributed by atoms with Crippen molar-refractivity contribution in [2.24, 2.45) is 5.41 Å². The Labute approximate surface area is 226 Å². The molecule has 0 aromatic heterocycles. The van der Waals surface area contributed by atoms with Crippen molar-refractivity contribution in [1.82, 2.24) is 9.80 Å². The van der Waals surface area contributed by atoms with Gasteiger partial charge in [0, 0.05) is 28.7 Å². The predicted molar refractivity (Wildman–Crippen MR) is 151 cm³/mol. The van der Waals surface area contributed by atoms with Crippen LogP contribution in [0.5, 0.6) is 0 Å². The van der Waals surface area contributed by atoms with Gasteiger partial charge in [-0.2, -0.15) is 0 Å². The first-order valence-corrected chi connectivity index (χ1v) is 14.4. The lowest BCUT2D eigenvalue weighted by Gasteiger charge is -2.51. The second-order valence-electron chi connectivity index (χ2n) is 11.3. The maximum Gasteiger partial charge on any atom is 0.0636 e. The number of benzene rings is 3. The van der Waals surface area contributed by atoms with Crippen molar-refractivity contribution >= 4 is 23.2 Å². The number of hydrogen-bond acceptors (Lipinski definition) is 2. The summed E-state index contributed by atoms with van der Waals surface area (Å²) in [5.41, 5.74) is 4.16. The number of piperidine rings is 1. The summed E-state index contributed by atoms with van der Waals surface area (Å²) in [6, 6.07) is 29.1.